The van der Waals surface area contributed by atoms with Gasteiger partial charge in [-0.2, -0.15) is 17.7 Å². The van der Waals surface area contributed by atoms with Crippen molar-refractivity contribution in [1.82, 2.24) is 19.8 Å². The Morgan fingerprint density at radius 3 is 2.68 bits per heavy atom. The highest BCUT2D eigenvalue weighted by atomic mass is 19.4. The molecule has 102 valence electrons. The summed E-state index contributed by atoms with van der Waals surface area (Å²) in [6, 6.07) is 3.00. The highest BCUT2D eigenvalue weighted by Gasteiger charge is 2.37. The molecule has 0 bridgehead atoms. The molecule has 0 unspecified atom stereocenters. The van der Waals surface area contributed by atoms with Gasteiger partial charge in [0.25, 0.3) is 5.82 Å². The zero-order valence-electron chi connectivity index (χ0n) is 9.76. The van der Waals surface area contributed by atoms with Crippen LogP contribution in [0.5, 0.6) is 0 Å². The second-order valence-electron chi connectivity index (χ2n) is 4.13. The summed E-state index contributed by atoms with van der Waals surface area (Å²) in [5.41, 5.74) is 0.0492. The molecule has 2 aromatic heterocycles. The van der Waals surface area contributed by atoms with Gasteiger partial charge >= 0.3 is 6.18 Å². The summed E-state index contributed by atoms with van der Waals surface area (Å²) < 4.78 is 38.8. The number of aromatic nitrogens is 4. The second kappa shape index (κ2) is 4.34. The van der Waals surface area contributed by atoms with E-state index < -0.39 is 12.0 Å². The van der Waals surface area contributed by atoms with Crippen LogP contribution in [-0.4, -0.2) is 33.0 Å². The van der Waals surface area contributed by atoms with Gasteiger partial charge in [-0.3, -0.25) is 4.84 Å². The molecular formula is C10H10F3N5O. The molecule has 1 saturated heterocycles. The lowest BCUT2D eigenvalue weighted by Crippen LogP contribution is -2.31. The van der Waals surface area contributed by atoms with Crippen molar-refractivity contribution in [2.45, 2.75) is 19.0 Å². The van der Waals surface area contributed by atoms with Gasteiger partial charge in [-0.15, -0.1) is 15.3 Å². The van der Waals surface area contributed by atoms with Crippen LogP contribution in [0, 0.1) is 0 Å². The number of alkyl halides is 3. The van der Waals surface area contributed by atoms with Crippen molar-refractivity contribution < 1.29 is 18.0 Å². The number of hydrogen-bond donors (Lipinski definition) is 0. The van der Waals surface area contributed by atoms with Crippen LogP contribution >= 0.6 is 0 Å². The molecule has 3 heterocycles. The fourth-order valence-corrected chi connectivity index (χ4v) is 1.87. The molecule has 0 atom stereocenters. The molecule has 19 heavy (non-hydrogen) atoms. The van der Waals surface area contributed by atoms with Crippen molar-refractivity contribution in [3.8, 4) is 0 Å². The number of fused-ring (bicyclic) bond motifs is 1. The van der Waals surface area contributed by atoms with E-state index >= 15 is 0 Å². The predicted octanol–water partition coefficient (Wildman–Crippen LogP) is 1.67. The lowest BCUT2D eigenvalue weighted by atomic mass is 10.3. The maximum atomic E-state index is 12.7. The lowest BCUT2D eigenvalue weighted by molar-refractivity contribution is -0.146. The van der Waals surface area contributed by atoms with E-state index in [0.29, 0.717) is 23.5 Å². The molecule has 6 nitrogen and oxygen atoms in total. The third-order valence-corrected chi connectivity index (χ3v) is 2.76. The number of rotatable bonds is 1. The first-order chi connectivity index (χ1) is 9.05. The van der Waals surface area contributed by atoms with Crippen LogP contribution in [0.15, 0.2) is 12.1 Å². The van der Waals surface area contributed by atoms with Gasteiger partial charge < -0.3 is 0 Å². The first-order valence-corrected chi connectivity index (χ1v) is 5.76. The molecule has 0 saturated carbocycles. The van der Waals surface area contributed by atoms with Crippen LogP contribution in [0.1, 0.15) is 18.7 Å². The normalized spacial score (nSPS) is 17.1. The fraction of sp³-hybridized carbons (Fsp3) is 0.500. The summed E-state index contributed by atoms with van der Waals surface area (Å²) in [6.07, 6.45) is -2.75. The maximum Gasteiger partial charge on any atom is 0.453 e. The minimum atomic E-state index is -4.59. The summed E-state index contributed by atoms with van der Waals surface area (Å²) in [5, 5.41) is 11.9. The molecule has 9 heteroatoms. The number of nitrogens with zero attached hydrogens (tertiary/aromatic N) is 5. The Hall–Kier alpha value is -1.90. The Bertz CT molecular complexity index is 590. The van der Waals surface area contributed by atoms with Gasteiger partial charge in [0.2, 0.25) is 0 Å². The third-order valence-electron chi connectivity index (χ3n) is 2.76. The summed E-state index contributed by atoms with van der Waals surface area (Å²) in [4.78, 5) is 5.35. The number of hydrogen-bond acceptors (Lipinski definition) is 5. The van der Waals surface area contributed by atoms with Gasteiger partial charge in [0.05, 0.1) is 6.61 Å². The van der Waals surface area contributed by atoms with Gasteiger partial charge in [-0.25, -0.2) is 5.06 Å². The van der Waals surface area contributed by atoms with Crippen LogP contribution < -0.4 is 5.06 Å². The maximum absolute atomic E-state index is 12.7. The summed E-state index contributed by atoms with van der Waals surface area (Å²) in [7, 11) is 0. The molecule has 0 aliphatic carbocycles. The van der Waals surface area contributed by atoms with E-state index in [1.165, 1.54) is 11.1 Å². The number of halogens is 3. The molecule has 2 aromatic rings. The molecular weight excluding hydrogens is 263 g/mol. The lowest BCUT2D eigenvalue weighted by Gasteiger charge is -2.26. The smallest absolute Gasteiger partial charge is 0.272 e. The third kappa shape index (κ3) is 2.21. The Morgan fingerprint density at radius 1 is 1.16 bits per heavy atom. The highest BCUT2D eigenvalue weighted by molar-refractivity contribution is 5.44. The zero-order valence-corrected chi connectivity index (χ0v) is 9.76. The average molecular weight is 273 g/mol. The van der Waals surface area contributed by atoms with Gasteiger partial charge in [-0.05, 0) is 25.0 Å². The van der Waals surface area contributed by atoms with Crippen molar-refractivity contribution in [1.29, 1.82) is 0 Å². The number of anilines is 1. The first-order valence-electron chi connectivity index (χ1n) is 5.76. The number of hydroxylamine groups is 1. The van der Waals surface area contributed by atoms with Crippen LogP contribution in [-0.2, 0) is 11.0 Å². The molecule has 1 fully saturated rings. The minimum absolute atomic E-state index is 0.0492. The second-order valence-corrected chi connectivity index (χ2v) is 4.13. The Morgan fingerprint density at radius 2 is 2.00 bits per heavy atom. The molecule has 0 spiro atoms. The Kier molecular flexibility index (Phi) is 2.77. The van der Waals surface area contributed by atoms with Crippen molar-refractivity contribution in [2.75, 3.05) is 18.2 Å². The molecule has 0 radical (unpaired) electrons. The van der Waals surface area contributed by atoms with E-state index in [0.717, 1.165) is 12.8 Å². The van der Waals surface area contributed by atoms with Gasteiger partial charge in [0, 0.05) is 6.54 Å². The topological polar surface area (TPSA) is 55.5 Å². The largest absolute Gasteiger partial charge is 0.453 e. The molecule has 3 rings (SSSR count). The van der Waals surface area contributed by atoms with Crippen molar-refractivity contribution >= 4 is 11.5 Å². The quantitative estimate of drug-likeness (QED) is 0.791. The van der Waals surface area contributed by atoms with Crippen molar-refractivity contribution in [2.24, 2.45) is 0 Å². The molecule has 0 N–H and O–H groups in total. The van der Waals surface area contributed by atoms with Gasteiger partial charge in [-0.1, -0.05) is 0 Å². The molecule has 0 amide bonds. The van der Waals surface area contributed by atoms with E-state index in [9.17, 15) is 13.2 Å². The zero-order chi connectivity index (χ0) is 13.5. The monoisotopic (exact) mass is 273 g/mol. The van der Waals surface area contributed by atoms with E-state index in [-0.39, 0.29) is 5.65 Å². The molecule has 0 aromatic carbocycles. The van der Waals surface area contributed by atoms with Crippen molar-refractivity contribution in [3.05, 3.63) is 18.0 Å². The predicted molar refractivity (Wildman–Crippen MR) is 58.3 cm³/mol. The first kappa shape index (κ1) is 12.2. The SMILES string of the molecule is FC(F)(F)c1nnc2ccc(N3CCCCO3)nn12. The van der Waals surface area contributed by atoms with Crippen LogP contribution in [0.4, 0.5) is 19.0 Å². The van der Waals surface area contributed by atoms with Gasteiger partial charge in [0.15, 0.2) is 11.5 Å². The van der Waals surface area contributed by atoms with E-state index in [4.69, 9.17) is 4.84 Å². The van der Waals surface area contributed by atoms with E-state index in [1.807, 2.05) is 0 Å². The van der Waals surface area contributed by atoms with Crippen LogP contribution in [0.2, 0.25) is 0 Å². The highest BCUT2D eigenvalue weighted by Crippen LogP contribution is 2.28. The molecule has 1 aliphatic rings. The van der Waals surface area contributed by atoms with Crippen molar-refractivity contribution in [3.63, 3.8) is 0 Å². The molecule has 1 aliphatic heterocycles. The fourth-order valence-electron chi connectivity index (χ4n) is 1.87. The minimum Gasteiger partial charge on any atom is -0.272 e. The standard InChI is InChI=1S/C10H10F3N5O/c11-10(12,13)9-15-14-7-3-4-8(16-18(7)9)17-5-1-2-6-19-17/h3-4H,1-2,5-6H2. The Labute approximate surface area is 105 Å². The summed E-state index contributed by atoms with van der Waals surface area (Å²) >= 11 is 0. The van der Waals surface area contributed by atoms with Crippen LogP contribution in [0.25, 0.3) is 5.65 Å². The Balaban J connectivity index is 2.03. The van der Waals surface area contributed by atoms with Gasteiger partial charge in [0.1, 0.15) is 0 Å². The van der Waals surface area contributed by atoms with E-state index in [1.54, 1.807) is 6.07 Å². The summed E-state index contributed by atoms with van der Waals surface area (Å²) in [6.45, 7) is 1.13. The summed E-state index contributed by atoms with van der Waals surface area (Å²) in [5.74, 6) is -0.821. The average Bonchev–Trinajstić information content (AvgIpc) is 2.82. The van der Waals surface area contributed by atoms with E-state index in [2.05, 4.69) is 15.3 Å². The van der Waals surface area contributed by atoms with Crippen LogP contribution in [0.3, 0.4) is 0 Å².